The first-order chi connectivity index (χ1) is 11.5. The van der Waals surface area contributed by atoms with Gasteiger partial charge in [-0.1, -0.05) is 43.6 Å². The van der Waals surface area contributed by atoms with Crippen LogP contribution in [-0.2, 0) is 4.79 Å². The predicted octanol–water partition coefficient (Wildman–Crippen LogP) is 4.36. The molecule has 1 amide bonds. The molecule has 2 aromatic carbocycles. The van der Waals surface area contributed by atoms with E-state index in [2.05, 4.69) is 24.5 Å². The summed E-state index contributed by atoms with van der Waals surface area (Å²) < 4.78 is 5.61. The Balaban J connectivity index is 1.85. The van der Waals surface area contributed by atoms with E-state index in [-0.39, 0.29) is 17.6 Å². The summed E-state index contributed by atoms with van der Waals surface area (Å²) in [5.74, 6) is 0.705. The van der Waals surface area contributed by atoms with Crippen LogP contribution in [0.2, 0.25) is 5.02 Å². The standard InChI is InChI=1S/C18H19ClN2O2S/c1-12(2)15-5-3-4-6-16(15)23-11-17(22)21-18(24)20-14-9-7-13(19)8-10-14/h3-10,12H,11H2,1-2H3,(H2,20,21,22,24). The first kappa shape index (κ1) is 18.2. The first-order valence-electron chi connectivity index (χ1n) is 7.54. The molecule has 4 nitrogen and oxygen atoms in total. The zero-order chi connectivity index (χ0) is 17.5. The van der Waals surface area contributed by atoms with E-state index in [1.165, 1.54) is 0 Å². The van der Waals surface area contributed by atoms with Crippen LogP contribution in [0.1, 0.15) is 25.3 Å². The Morgan fingerprint density at radius 3 is 2.50 bits per heavy atom. The van der Waals surface area contributed by atoms with Gasteiger partial charge in [-0.3, -0.25) is 10.1 Å². The summed E-state index contributed by atoms with van der Waals surface area (Å²) >= 11 is 10.9. The number of para-hydroxylation sites is 1. The molecule has 0 aliphatic carbocycles. The van der Waals surface area contributed by atoms with E-state index >= 15 is 0 Å². The van der Waals surface area contributed by atoms with Crippen molar-refractivity contribution in [3.05, 3.63) is 59.1 Å². The van der Waals surface area contributed by atoms with Gasteiger partial charge in [0.15, 0.2) is 11.7 Å². The Kier molecular flexibility index (Phi) is 6.58. The number of carbonyl (C=O) groups is 1. The summed E-state index contributed by atoms with van der Waals surface area (Å²) in [4.78, 5) is 12.0. The van der Waals surface area contributed by atoms with Gasteiger partial charge < -0.3 is 10.1 Å². The lowest BCUT2D eigenvalue weighted by atomic mass is 10.0. The second-order valence-corrected chi connectivity index (χ2v) is 6.34. The smallest absolute Gasteiger partial charge is 0.264 e. The highest BCUT2D eigenvalue weighted by Gasteiger charge is 2.10. The van der Waals surface area contributed by atoms with Crippen molar-refractivity contribution < 1.29 is 9.53 Å². The maximum absolute atomic E-state index is 12.0. The minimum absolute atomic E-state index is 0.105. The van der Waals surface area contributed by atoms with Gasteiger partial charge in [0.05, 0.1) is 0 Å². The molecular weight excluding hydrogens is 344 g/mol. The van der Waals surface area contributed by atoms with Crippen molar-refractivity contribution in [3.8, 4) is 5.75 Å². The molecule has 0 bridgehead atoms. The number of hydrogen-bond acceptors (Lipinski definition) is 3. The van der Waals surface area contributed by atoms with Gasteiger partial charge in [0.25, 0.3) is 5.91 Å². The summed E-state index contributed by atoms with van der Waals surface area (Å²) in [5.41, 5.74) is 1.81. The molecule has 0 fully saturated rings. The molecule has 0 aromatic heterocycles. The van der Waals surface area contributed by atoms with Crippen molar-refractivity contribution in [1.29, 1.82) is 0 Å². The van der Waals surface area contributed by atoms with Crippen molar-refractivity contribution in [2.45, 2.75) is 19.8 Å². The predicted molar refractivity (Wildman–Crippen MR) is 102 cm³/mol. The number of rotatable bonds is 5. The van der Waals surface area contributed by atoms with E-state index < -0.39 is 0 Å². The number of ether oxygens (including phenoxy) is 1. The molecular formula is C18H19ClN2O2S. The van der Waals surface area contributed by atoms with Crippen LogP contribution >= 0.6 is 23.8 Å². The minimum atomic E-state index is -0.319. The number of carbonyl (C=O) groups excluding carboxylic acids is 1. The molecule has 2 N–H and O–H groups in total. The van der Waals surface area contributed by atoms with Gasteiger partial charge in [-0.15, -0.1) is 0 Å². The highest BCUT2D eigenvalue weighted by atomic mass is 35.5. The molecule has 0 unspecified atom stereocenters. The largest absolute Gasteiger partial charge is 0.483 e. The fraction of sp³-hybridized carbons (Fsp3) is 0.222. The number of halogens is 1. The Bertz CT molecular complexity index is 717. The van der Waals surface area contributed by atoms with E-state index in [9.17, 15) is 4.79 Å². The average molecular weight is 363 g/mol. The van der Waals surface area contributed by atoms with Crippen molar-refractivity contribution in [3.63, 3.8) is 0 Å². The van der Waals surface area contributed by atoms with Crippen LogP contribution in [0.25, 0.3) is 0 Å². The summed E-state index contributed by atoms with van der Waals surface area (Å²) in [6.45, 7) is 4.05. The fourth-order valence-electron chi connectivity index (χ4n) is 2.09. The van der Waals surface area contributed by atoms with Gasteiger partial charge in [-0.25, -0.2) is 0 Å². The molecule has 0 atom stereocenters. The SMILES string of the molecule is CC(C)c1ccccc1OCC(=O)NC(=S)Nc1ccc(Cl)cc1. The average Bonchev–Trinajstić information content (AvgIpc) is 2.55. The fourth-order valence-corrected chi connectivity index (χ4v) is 2.45. The maximum Gasteiger partial charge on any atom is 0.264 e. The van der Waals surface area contributed by atoms with Gasteiger partial charge >= 0.3 is 0 Å². The third kappa shape index (κ3) is 5.51. The Hall–Kier alpha value is -2.11. The van der Waals surface area contributed by atoms with Crippen molar-refractivity contribution in [2.24, 2.45) is 0 Å². The molecule has 24 heavy (non-hydrogen) atoms. The van der Waals surface area contributed by atoms with E-state index in [0.29, 0.717) is 16.7 Å². The van der Waals surface area contributed by atoms with E-state index in [0.717, 1.165) is 11.3 Å². The number of anilines is 1. The summed E-state index contributed by atoms with van der Waals surface area (Å²) in [5, 5.41) is 6.34. The van der Waals surface area contributed by atoms with Crippen LogP contribution in [0.15, 0.2) is 48.5 Å². The first-order valence-corrected chi connectivity index (χ1v) is 8.32. The molecule has 6 heteroatoms. The zero-order valence-electron chi connectivity index (χ0n) is 13.5. The highest BCUT2D eigenvalue weighted by Crippen LogP contribution is 2.25. The van der Waals surface area contributed by atoms with Crippen molar-refractivity contribution in [2.75, 3.05) is 11.9 Å². The van der Waals surface area contributed by atoms with Gasteiger partial charge in [0.1, 0.15) is 5.75 Å². The van der Waals surface area contributed by atoms with Crippen LogP contribution in [-0.4, -0.2) is 17.6 Å². The normalized spacial score (nSPS) is 10.3. The van der Waals surface area contributed by atoms with Gasteiger partial charge in [0.2, 0.25) is 0 Å². The molecule has 0 saturated carbocycles. The van der Waals surface area contributed by atoms with Crippen LogP contribution in [0.3, 0.4) is 0 Å². The van der Waals surface area contributed by atoms with Crippen molar-refractivity contribution in [1.82, 2.24) is 5.32 Å². The summed E-state index contributed by atoms with van der Waals surface area (Å²) in [6.07, 6.45) is 0. The summed E-state index contributed by atoms with van der Waals surface area (Å²) in [6, 6.07) is 14.7. The molecule has 126 valence electrons. The van der Waals surface area contributed by atoms with Crippen molar-refractivity contribution >= 4 is 40.5 Å². The third-order valence-electron chi connectivity index (χ3n) is 3.25. The lowest BCUT2D eigenvalue weighted by Crippen LogP contribution is -2.37. The van der Waals surface area contributed by atoms with E-state index in [1.807, 2.05) is 24.3 Å². The highest BCUT2D eigenvalue weighted by molar-refractivity contribution is 7.80. The number of hydrogen-bond donors (Lipinski definition) is 2. The molecule has 0 saturated heterocycles. The van der Waals surface area contributed by atoms with E-state index in [1.54, 1.807) is 24.3 Å². The van der Waals surface area contributed by atoms with E-state index in [4.69, 9.17) is 28.6 Å². The second kappa shape index (κ2) is 8.66. The quantitative estimate of drug-likeness (QED) is 0.776. The molecule has 0 heterocycles. The third-order valence-corrected chi connectivity index (χ3v) is 3.71. The van der Waals surface area contributed by atoms with Crippen LogP contribution in [0.4, 0.5) is 5.69 Å². The number of benzene rings is 2. The molecule has 0 radical (unpaired) electrons. The Morgan fingerprint density at radius 2 is 1.83 bits per heavy atom. The van der Waals surface area contributed by atoms with Crippen LogP contribution in [0, 0.1) is 0 Å². The Morgan fingerprint density at radius 1 is 1.17 bits per heavy atom. The summed E-state index contributed by atoms with van der Waals surface area (Å²) in [7, 11) is 0. The minimum Gasteiger partial charge on any atom is -0.483 e. The van der Waals surface area contributed by atoms with Gasteiger partial charge in [0, 0.05) is 10.7 Å². The molecule has 0 aliphatic heterocycles. The maximum atomic E-state index is 12.0. The second-order valence-electron chi connectivity index (χ2n) is 5.49. The molecule has 0 aliphatic rings. The molecule has 0 spiro atoms. The zero-order valence-corrected chi connectivity index (χ0v) is 15.1. The van der Waals surface area contributed by atoms with Gasteiger partial charge in [-0.05, 0) is 54.0 Å². The number of amides is 1. The molecule has 2 rings (SSSR count). The number of nitrogens with one attached hydrogen (secondary N) is 2. The van der Waals surface area contributed by atoms with Gasteiger partial charge in [-0.2, -0.15) is 0 Å². The lowest BCUT2D eigenvalue weighted by molar-refractivity contribution is -0.121. The Labute approximate surface area is 152 Å². The monoisotopic (exact) mass is 362 g/mol. The van der Waals surface area contributed by atoms with Crippen LogP contribution in [0.5, 0.6) is 5.75 Å². The number of thiocarbonyl (C=S) groups is 1. The molecule has 2 aromatic rings. The van der Waals surface area contributed by atoms with Crippen LogP contribution < -0.4 is 15.4 Å². The lowest BCUT2D eigenvalue weighted by Gasteiger charge is -2.14. The topological polar surface area (TPSA) is 50.4 Å².